The van der Waals surface area contributed by atoms with E-state index in [2.05, 4.69) is 30.9 Å². The average Bonchev–Trinajstić information content (AvgIpc) is 2.37. The normalized spacial score (nSPS) is 14.2. The summed E-state index contributed by atoms with van der Waals surface area (Å²) in [7, 11) is 0. The highest BCUT2D eigenvalue weighted by atomic mass is 16.1. The minimum absolute atomic E-state index is 0.0234. The molecule has 4 nitrogen and oxygen atoms in total. The number of hydrogen-bond donors (Lipinski definition) is 2. The Labute approximate surface area is 122 Å². The largest absolute Gasteiger partial charge is 0.369 e. The second-order valence-corrected chi connectivity index (χ2v) is 5.45. The summed E-state index contributed by atoms with van der Waals surface area (Å²) in [6.45, 7) is 7.28. The fourth-order valence-corrected chi connectivity index (χ4v) is 2.61. The highest BCUT2D eigenvalue weighted by Gasteiger charge is 2.25. The minimum Gasteiger partial charge on any atom is -0.369 e. The molecule has 0 fully saturated rings. The molecule has 1 amide bonds. The van der Waals surface area contributed by atoms with Gasteiger partial charge in [-0.25, -0.2) is 0 Å². The third kappa shape index (κ3) is 4.62. The van der Waals surface area contributed by atoms with Crippen molar-refractivity contribution in [3.05, 3.63) is 35.4 Å². The van der Waals surface area contributed by atoms with E-state index in [0.717, 1.165) is 19.4 Å². The van der Waals surface area contributed by atoms with Crippen molar-refractivity contribution in [2.45, 2.75) is 45.7 Å². The van der Waals surface area contributed by atoms with Crippen molar-refractivity contribution in [1.82, 2.24) is 4.90 Å². The zero-order chi connectivity index (χ0) is 15.1. The summed E-state index contributed by atoms with van der Waals surface area (Å²) in [6, 6.07) is 8.15. The van der Waals surface area contributed by atoms with Gasteiger partial charge in [0.25, 0.3) is 0 Å². The summed E-state index contributed by atoms with van der Waals surface area (Å²) in [5.41, 5.74) is 14.0. The van der Waals surface area contributed by atoms with Gasteiger partial charge in [-0.3, -0.25) is 9.69 Å². The molecule has 0 radical (unpaired) electrons. The molecule has 0 saturated carbocycles. The minimum atomic E-state index is -0.305. The first-order valence-corrected chi connectivity index (χ1v) is 7.30. The number of unbranched alkanes of at least 4 members (excludes halogenated alkanes) is 1. The second-order valence-electron chi connectivity index (χ2n) is 5.45. The molecule has 4 heteroatoms. The van der Waals surface area contributed by atoms with E-state index in [1.54, 1.807) is 0 Å². The third-order valence-electron chi connectivity index (χ3n) is 3.56. The van der Waals surface area contributed by atoms with Crippen LogP contribution in [0.3, 0.4) is 0 Å². The molecule has 0 heterocycles. The van der Waals surface area contributed by atoms with Crippen LogP contribution in [0.1, 0.15) is 43.9 Å². The molecule has 0 aromatic heterocycles. The molecule has 0 spiro atoms. The number of benzene rings is 1. The van der Waals surface area contributed by atoms with Crippen LogP contribution in [0.25, 0.3) is 0 Å². The number of primary amides is 1. The van der Waals surface area contributed by atoms with Gasteiger partial charge in [-0.1, -0.05) is 37.6 Å². The van der Waals surface area contributed by atoms with Crippen LogP contribution in [0.4, 0.5) is 0 Å². The van der Waals surface area contributed by atoms with Crippen LogP contribution in [-0.2, 0) is 4.79 Å². The maximum Gasteiger partial charge on any atom is 0.231 e. The molecule has 0 aliphatic rings. The Morgan fingerprint density at radius 3 is 2.50 bits per heavy atom. The monoisotopic (exact) mass is 277 g/mol. The van der Waals surface area contributed by atoms with Crippen molar-refractivity contribution in [2.75, 3.05) is 13.1 Å². The van der Waals surface area contributed by atoms with Crippen LogP contribution in [0, 0.1) is 6.92 Å². The lowest BCUT2D eigenvalue weighted by Crippen LogP contribution is -2.44. The number of nitrogens with two attached hydrogens (primary N) is 2. The molecular formula is C16H27N3O. The zero-order valence-corrected chi connectivity index (χ0v) is 12.8. The molecule has 20 heavy (non-hydrogen) atoms. The molecule has 0 aliphatic heterocycles. The van der Waals surface area contributed by atoms with E-state index in [1.807, 2.05) is 19.1 Å². The molecule has 1 aromatic carbocycles. The summed E-state index contributed by atoms with van der Waals surface area (Å²) in [6.07, 6.45) is 2.11. The summed E-state index contributed by atoms with van der Waals surface area (Å²) in [4.78, 5) is 13.5. The van der Waals surface area contributed by atoms with Crippen LogP contribution in [0.15, 0.2) is 24.3 Å². The van der Waals surface area contributed by atoms with Gasteiger partial charge in [0.05, 0.1) is 12.6 Å². The van der Waals surface area contributed by atoms with Gasteiger partial charge in [0.2, 0.25) is 5.91 Å². The van der Waals surface area contributed by atoms with Crippen molar-refractivity contribution in [3.63, 3.8) is 0 Å². The molecular weight excluding hydrogens is 250 g/mol. The number of carbonyl (C=O) groups excluding carboxylic acids is 1. The maximum absolute atomic E-state index is 11.4. The summed E-state index contributed by atoms with van der Waals surface area (Å²) in [5.74, 6) is -0.305. The molecule has 0 saturated heterocycles. The summed E-state index contributed by atoms with van der Waals surface area (Å²) < 4.78 is 0. The number of hydrogen-bond acceptors (Lipinski definition) is 3. The van der Waals surface area contributed by atoms with Crippen LogP contribution < -0.4 is 11.5 Å². The third-order valence-corrected chi connectivity index (χ3v) is 3.56. The number of carbonyl (C=O) groups is 1. The molecule has 0 bridgehead atoms. The fraction of sp³-hybridized carbons (Fsp3) is 0.562. The predicted molar refractivity (Wildman–Crippen MR) is 83.2 cm³/mol. The summed E-state index contributed by atoms with van der Waals surface area (Å²) in [5, 5.41) is 0. The van der Waals surface area contributed by atoms with Gasteiger partial charge < -0.3 is 11.5 Å². The van der Waals surface area contributed by atoms with Crippen molar-refractivity contribution < 1.29 is 4.79 Å². The maximum atomic E-state index is 11.4. The Kier molecular flexibility index (Phi) is 6.68. The van der Waals surface area contributed by atoms with Crippen molar-refractivity contribution in [2.24, 2.45) is 11.5 Å². The van der Waals surface area contributed by atoms with E-state index in [0.29, 0.717) is 0 Å². The quantitative estimate of drug-likeness (QED) is 0.763. The van der Waals surface area contributed by atoms with Gasteiger partial charge in [-0.05, 0) is 37.9 Å². The zero-order valence-electron chi connectivity index (χ0n) is 12.8. The van der Waals surface area contributed by atoms with Crippen LogP contribution in [-0.4, -0.2) is 29.9 Å². The van der Waals surface area contributed by atoms with E-state index in [4.69, 9.17) is 11.5 Å². The average molecular weight is 277 g/mol. The lowest BCUT2D eigenvalue weighted by atomic mass is 9.94. The molecule has 2 unspecified atom stereocenters. The Balaban J connectivity index is 3.07. The van der Waals surface area contributed by atoms with Crippen LogP contribution >= 0.6 is 0 Å². The molecule has 1 rings (SSSR count). The second kappa shape index (κ2) is 8.02. The van der Waals surface area contributed by atoms with Gasteiger partial charge in [0.1, 0.15) is 0 Å². The predicted octanol–water partition coefficient (Wildman–Crippen LogP) is 1.97. The first-order chi connectivity index (χ1) is 9.47. The van der Waals surface area contributed by atoms with E-state index in [9.17, 15) is 4.79 Å². The topological polar surface area (TPSA) is 72.3 Å². The Morgan fingerprint density at radius 1 is 1.35 bits per heavy atom. The standard InChI is InChI=1S/C16H27N3O/c1-4-5-10-19(11-15(18)20)16(13(3)17)14-9-7-6-8-12(14)2/h6-9,13,16H,4-5,10-11,17H2,1-3H3,(H2,18,20). The summed E-state index contributed by atoms with van der Waals surface area (Å²) >= 11 is 0. The number of amides is 1. The highest BCUT2D eigenvalue weighted by Crippen LogP contribution is 2.26. The molecule has 4 N–H and O–H groups in total. The van der Waals surface area contributed by atoms with Gasteiger partial charge >= 0.3 is 0 Å². The Bertz CT molecular complexity index is 431. The van der Waals surface area contributed by atoms with E-state index in [1.165, 1.54) is 11.1 Å². The number of nitrogens with zero attached hydrogens (tertiary/aromatic N) is 1. The Morgan fingerprint density at radius 2 is 2.00 bits per heavy atom. The van der Waals surface area contributed by atoms with Crippen LogP contribution in [0.2, 0.25) is 0 Å². The van der Waals surface area contributed by atoms with E-state index in [-0.39, 0.29) is 24.5 Å². The van der Waals surface area contributed by atoms with Gasteiger partial charge in [0, 0.05) is 6.04 Å². The molecule has 0 aliphatic carbocycles. The molecule has 2 atom stereocenters. The molecule has 112 valence electrons. The lowest BCUT2D eigenvalue weighted by Gasteiger charge is -2.34. The van der Waals surface area contributed by atoms with Crippen molar-refractivity contribution in [3.8, 4) is 0 Å². The van der Waals surface area contributed by atoms with Gasteiger partial charge in [0.15, 0.2) is 0 Å². The fourth-order valence-electron chi connectivity index (χ4n) is 2.61. The first-order valence-electron chi connectivity index (χ1n) is 7.30. The van der Waals surface area contributed by atoms with E-state index >= 15 is 0 Å². The first kappa shape index (κ1) is 16.7. The van der Waals surface area contributed by atoms with Crippen molar-refractivity contribution in [1.29, 1.82) is 0 Å². The smallest absolute Gasteiger partial charge is 0.231 e. The Hall–Kier alpha value is -1.39. The molecule has 1 aromatic rings. The number of aryl methyl sites for hydroxylation is 1. The number of rotatable bonds is 8. The van der Waals surface area contributed by atoms with Crippen LogP contribution in [0.5, 0.6) is 0 Å². The highest BCUT2D eigenvalue weighted by molar-refractivity contribution is 5.76. The van der Waals surface area contributed by atoms with Gasteiger partial charge in [-0.15, -0.1) is 0 Å². The SMILES string of the molecule is CCCCN(CC(N)=O)C(c1ccccc1C)C(C)N. The lowest BCUT2D eigenvalue weighted by molar-refractivity contribution is -0.119. The van der Waals surface area contributed by atoms with Crippen molar-refractivity contribution >= 4 is 5.91 Å². The van der Waals surface area contributed by atoms with E-state index < -0.39 is 0 Å². The van der Waals surface area contributed by atoms with Gasteiger partial charge in [-0.2, -0.15) is 0 Å².